The number of anilines is 2. The van der Waals surface area contributed by atoms with Crippen molar-refractivity contribution in [2.75, 3.05) is 23.7 Å². The fourth-order valence-corrected chi connectivity index (χ4v) is 4.95. The van der Waals surface area contributed by atoms with Crippen LogP contribution in [0.1, 0.15) is 35.2 Å². The van der Waals surface area contributed by atoms with Gasteiger partial charge in [0.2, 0.25) is 5.91 Å². The molecule has 1 fully saturated rings. The number of hydrogen-bond acceptors (Lipinski definition) is 5. The Balaban J connectivity index is 1.30. The van der Waals surface area contributed by atoms with Gasteiger partial charge < -0.3 is 15.5 Å². The number of nitrogens with one attached hydrogen (secondary N) is 2. The maximum Gasteiger partial charge on any atom is 0.262 e. The first-order valence-corrected chi connectivity index (χ1v) is 11.7. The van der Waals surface area contributed by atoms with Gasteiger partial charge in [-0.15, -0.1) is 0 Å². The first-order chi connectivity index (χ1) is 15.4. The van der Waals surface area contributed by atoms with E-state index >= 15 is 0 Å². The summed E-state index contributed by atoms with van der Waals surface area (Å²) >= 11 is 7.54. The number of amidine groups is 1. The molecule has 2 aromatic rings. The van der Waals surface area contributed by atoms with Gasteiger partial charge in [-0.1, -0.05) is 29.4 Å². The predicted molar refractivity (Wildman–Crippen MR) is 128 cm³/mol. The van der Waals surface area contributed by atoms with Crippen LogP contribution in [-0.4, -0.2) is 46.1 Å². The monoisotopic (exact) mass is 470 g/mol. The number of thioether (sulfide) groups is 1. The van der Waals surface area contributed by atoms with Crippen molar-refractivity contribution < 1.29 is 14.4 Å². The van der Waals surface area contributed by atoms with E-state index in [1.807, 2.05) is 13.0 Å². The van der Waals surface area contributed by atoms with Gasteiger partial charge in [0.15, 0.2) is 5.17 Å². The number of likely N-dealkylation sites (tertiary alicyclic amines) is 1. The van der Waals surface area contributed by atoms with Crippen LogP contribution in [0.25, 0.3) is 0 Å². The summed E-state index contributed by atoms with van der Waals surface area (Å²) in [6, 6.07) is 12.0. The first-order valence-electron chi connectivity index (χ1n) is 10.4. The minimum atomic E-state index is -0.491. The van der Waals surface area contributed by atoms with Crippen LogP contribution in [0.5, 0.6) is 0 Å². The zero-order valence-corrected chi connectivity index (χ0v) is 19.1. The second-order valence-corrected chi connectivity index (χ2v) is 9.38. The number of amides is 3. The summed E-state index contributed by atoms with van der Waals surface area (Å²) in [5.74, 6) is -0.820. The third-order valence-corrected chi connectivity index (χ3v) is 6.81. The maximum atomic E-state index is 12.5. The molecule has 166 valence electrons. The zero-order chi connectivity index (χ0) is 22.7. The normalized spacial score (nSPS) is 17.9. The Morgan fingerprint density at radius 2 is 1.84 bits per heavy atom. The number of hydrogen-bond donors (Lipinski definition) is 2. The Kier molecular flexibility index (Phi) is 6.81. The highest BCUT2D eigenvalue weighted by atomic mass is 35.5. The van der Waals surface area contributed by atoms with Gasteiger partial charge in [0.25, 0.3) is 11.8 Å². The largest absolute Gasteiger partial charge is 0.351 e. The van der Waals surface area contributed by atoms with Crippen molar-refractivity contribution in [1.29, 1.82) is 0 Å². The third kappa shape index (κ3) is 5.31. The number of carbonyl (C=O) groups is 3. The number of aryl methyl sites for hydroxylation is 1. The number of aliphatic imine (C=N–C) groups is 1. The molecular formula is C23H23ClN4O3S. The molecule has 1 atom stereocenters. The molecule has 2 aliphatic heterocycles. The second-order valence-electron chi connectivity index (χ2n) is 7.80. The quantitative estimate of drug-likeness (QED) is 0.679. The van der Waals surface area contributed by atoms with Gasteiger partial charge >= 0.3 is 0 Å². The SMILES string of the molecule is Cc1ccc(NC(=O)c2ccc(NC(=O)CC3SC(N4CCCC4)=NC3=O)cc2)c(Cl)c1. The van der Waals surface area contributed by atoms with E-state index in [9.17, 15) is 14.4 Å². The summed E-state index contributed by atoms with van der Waals surface area (Å²) in [6.45, 7) is 3.74. The van der Waals surface area contributed by atoms with Gasteiger partial charge in [0, 0.05) is 30.8 Å². The van der Waals surface area contributed by atoms with Crippen LogP contribution in [0.4, 0.5) is 11.4 Å². The molecule has 0 bridgehead atoms. The van der Waals surface area contributed by atoms with Crippen LogP contribution in [-0.2, 0) is 9.59 Å². The highest BCUT2D eigenvalue weighted by Crippen LogP contribution is 2.29. The molecule has 2 heterocycles. The summed E-state index contributed by atoms with van der Waals surface area (Å²) in [4.78, 5) is 43.3. The molecule has 3 amide bonds. The lowest BCUT2D eigenvalue weighted by atomic mass is 10.1. The lowest BCUT2D eigenvalue weighted by Gasteiger charge is -2.16. The molecule has 0 spiro atoms. The second kappa shape index (κ2) is 9.75. The van der Waals surface area contributed by atoms with Crippen LogP contribution in [0.2, 0.25) is 5.02 Å². The molecule has 9 heteroatoms. The van der Waals surface area contributed by atoms with Crippen molar-refractivity contribution in [1.82, 2.24) is 4.90 Å². The molecule has 2 aromatic carbocycles. The number of benzene rings is 2. The predicted octanol–water partition coefficient (Wildman–Crippen LogP) is 4.32. The van der Waals surface area contributed by atoms with Crippen molar-refractivity contribution in [3.8, 4) is 0 Å². The van der Waals surface area contributed by atoms with E-state index in [2.05, 4.69) is 20.5 Å². The number of nitrogens with zero attached hydrogens (tertiary/aromatic N) is 2. The van der Waals surface area contributed by atoms with Gasteiger partial charge in [-0.05, 0) is 61.7 Å². The molecule has 2 N–H and O–H groups in total. The average molecular weight is 471 g/mol. The van der Waals surface area contributed by atoms with Crippen molar-refractivity contribution in [3.63, 3.8) is 0 Å². The Morgan fingerprint density at radius 3 is 2.53 bits per heavy atom. The molecule has 32 heavy (non-hydrogen) atoms. The van der Waals surface area contributed by atoms with E-state index in [-0.39, 0.29) is 24.1 Å². The van der Waals surface area contributed by atoms with Gasteiger partial charge in [0.1, 0.15) is 5.25 Å². The fraction of sp³-hybridized carbons (Fsp3) is 0.304. The third-order valence-electron chi connectivity index (χ3n) is 5.28. The summed E-state index contributed by atoms with van der Waals surface area (Å²) in [5, 5.41) is 6.27. The van der Waals surface area contributed by atoms with Crippen molar-refractivity contribution in [3.05, 3.63) is 58.6 Å². The molecular weight excluding hydrogens is 448 g/mol. The molecule has 4 rings (SSSR count). The average Bonchev–Trinajstić information content (AvgIpc) is 3.41. The van der Waals surface area contributed by atoms with Crippen LogP contribution in [0, 0.1) is 6.92 Å². The molecule has 1 saturated heterocycles. The molecule has 0 radical (unpaired) electrons. The van der Waals surface area contributed by atoms with E-state index in [4.69, 9.17) is 11.6 Å². The Labute approximate surface area is 195 Å². The smallest absolute Gasteiger partial charge is 0.262 e. The maximum absolute atomic E-state index is 12.5. The lowest BCUT2D eigenvalue weighted by Crippen LogP contribution is -2.25. The molecule has 0 saturated carbocycles. The standard InChI is InChI=1S/C23H23ClN4O3S/c1-14-4-9-18(17(24)12-14)26-21(30)15-5-7-16(8-6-15)25-20(29)13-19-22(31)27-23(32-19)28-10-2-3-11-28/h4-9,12,19H,2-3,10-11,13H2,1H3,(H,25,29)(H,26,30). The van der Waals surface area contributed by atoms with E-state index in [1.54, 1.807) is 36.4 Å². The van der Waals surface area contributed by atoms with Crippen molar-refractivity contribution >= 4 is 57.6 Å². The van der Waals surface area contributed by atoms with E-state index in [1.165, 1.54) is 11.8 Å². The van der Waals surface area contributed by atoms with E-state index in [0.717, 1.165) is 36.7 Å². The fourth-order valence-electron chi connectivity index (χ4n) is 3.55. The number of halogens is 1. The minimum absolute atomic E-state index is 0.0541. The van der Waals surface area contributed by atoms with Gasteiger partial charge in [-0.3, -0.25) is 14.4 Å². The summed E-state index contributed by atoms with van der Waals surface area (Å²) < 4.78 is 0. The topological polar surface area (TPSA) is 90.9 Å². The number of carbonyl (C=O) groups excluding carboxylic acids is 3. The van der Waals surface area contributed by atoms with Crippen molar-refractivity contribution in [2.45, 2.75) is 31.4 Å². The van der Waals surface area contributed by atoms with E-state index < -0.39 is 5.25 Å². The highest BCUT2D eigenvalue weighted by Gasteiger charge is 2.33. The molecule has 0 aliphatic carbocycles. The highest BCUT2D eigenvalue weighted by molar-refractivity contribution is 8.15. The van der Waals surface area contributed by atoms with Crippen LogP contribution >= 0.6 is 23.4 Å². The Hall–Kier alpha value is -2.84. The van der Waals surface area contributed by atoms with Crippen LogP contribution in [0.15, 0.2) is 47.5 Å². The molecule has 0 aromatic heterocycles. The summed E-state index contributed by atoms with van der Waals surface area (Å²) in [5.41, 5.74) is 2.53. The van der Waals surface area contributed by atoms with E-state index in [0.29, 0.717) is 22.0 Å². The molecule has 7 nitrogen and oxygen atoms in total. The number of rotatable bonds is 5. The summed E-state index contributed by atoms with van der Waals surface area (Å²) in [7, 11) is 0. The lowest BCUT2D eigenvalue weighted by molar-refractivity contribution is -0.121. The van der Waals surface area contributed by atoms with Gasteiger partial charge in [-0.2, -0.15) is 4.99 Å². The molecule has 2 aliphatic rings. The van der Waals surface area contributed by atoms with Gasteiger partial charge in [-0.25, -0.2) is 0 Å². The summed E-state index contributed by atoms with van der Waals surface area (Å²) in [6.07, 6.45) is 2.26. The first kappa shape index (κ1) is 22.4. The molecule has 1 unspecified atom stereocenters. The van der Waals surface area contributed by atoms with Crippen LogP contribution < -0.4 is 10.6 Å². The Morgan fingerprint density at radius 1 is 1.12 bits per heavy atom. The van der Waals surface area contributed by atoms with Gasteiger partial charge in [0.05, 0.1) is 10.7 Å². The minimum Gasteiger partial charge on any atom is -0.351 e. The van der Waals surface area contributed by atoms with Crippen LogP contribution in [0.3, 0.4) is 0 Å². The Bertz CT molecular complexity index is 1080. The van der Waals surface area contributed by atoms with Crippen molar-refractivity contribution in [2.24, 2.45) is 4.99 Å². The zero-order valence-electron chi connectivity index (χ0n) is 17.6.